The van der Waals surface area contributed by atoms with Crippen molar-refractivity contribution >= 4 is 22.6 Å². The van der Waals surface area contributed by atoms with Crippen molar-refractivity contribution in [2.24, 2.45) is 0 Å². The molecule has 0 unspecified atom stereocenters. The number of nitrogens with one attached hydrogen (secondary N) is 1. The highest BCUT2D eigenvalue weighted by Gasteiger charge is 2.22. The number of ether oxygens (including phenoxy) is 1. The number of amides is 1. The lowest BCUT2D eigenvalue weighted by molar-refractivity contribution is -0.143. The average molecular weight is 324 g/mol. The number of nitriles is 1. The van der Waals surface area contributed by atoms with Crippen LogP contribution in [-0.4, -0.2) is 25.0 Å². The van der Waals surface area contributed by atoms with E-state index in [0.29, 0.717) is 31.2 Å². The predicted octanol–water partition coefficient (Wildman–Crippen LogP) is 3.20. The Bertz CT molecular complexity index is 759. The molecular formula is C19H20N2O3. The zero-order chi connectivity index (χ0) is 17.4. The normalized spacial score (nSPS) is 11.5. The fraction of sp³-hybridized carbons (Fsp3) is 0.316. The standard InChI is InChI=1S/C19H20N2O3/c1-24-19(23)17(12-3-2-6-13-20)21-18(22)16-11-7-9-14-8-4-5-10-15(14)16/h4-5,7-11,17H,2-3,6,12H2,1H3,(H,21,22)/t17-/m0/s1. The number of nitrogens with zero attached hydrogens (tertiary/aromatic N) is 1. The fourth-order valence-corrected chi connectivity index (χ4v) is 2.60. The molecule has 2 aromatic carbocycles. The van der Waals surface area contributed by atoms with Gasteiger partial charge in [-0.1, -0.05) is 36.4 Å². The first-order valence-corrected chi connectivity index (χ1v) is 7.90. The van der Waals surface area contributed by atoms with Gasteiger partial charge in [0.05, 0.1) is 13.2 Å². The Hall–Kier alpha value is -2.87. The molecular weight excluding hydrogens is 304 g/mol. The number of benzene rings is 2. The van der Waals surface area contributed by atoms with E-state index >= 15 is 0 Å². The van der Waals surface area contributed by atoms with Crippen molar-refractivity contribution in [2.45, 2.75) is 31.7 Å². The second-order valence-electron chi connectivity index (χ2n) is 5.48. The predicted molar refractivity (Wildman–Crippen MR) is 91.3 cm³/mol. The molecule has 1 atom stereocenters. The molecule has 0 bridgehead atoms. The third kappa shape index (κ3) is 4.32. The van der Waals surface area contributed by atoms with Gasteiger partial charge < -0.3 is 10.1 Å². The molecule has 0 aliphatic rings. The molecule has 0 fully saturated rings. The third-order valence-electron chi connectivity index (χ3n) is 3.86. The minimum atomic E-state index is -0.708. The van der Waals surface area contributed by atoms with Gasteiger partial charge in [0, 0.05) is 12.0 Å². The lowest BCUT2D eigenvalue weighted by atomic mass is 10.0. The number of unbranched alkanes of at least 4 members (excludes halogenated alkanes) is 2. The smallest absolute Gasteiger partial charge is 0.328 e. The minimum Gasteiger partial charge on any atom is -0.467 e. The summed E-state index contributed by atoms with van der Waals surface area (Å²) in [5, 5.41) is 13.1. The van der Waals surface area contributed by atoms with Crippen molar-refractivity contribution in [3.05, 3.63) is 48.0 Å². The number of esters is 1. The van der Waals surface area contributed by atoms with Gasteiger partial charge in [-0.2, -0.15) is 5.26 Å². The lowest BCUT2D eigenvalue weighted by Crippen LogP contribution is -2.41. The van der Waals surface area contributed by atoms with E-state index in [1.54, 1.807) is 6.07 Å². The van der Waals surface area contributed by atoms with E-state index in [1.807, 2.05) is 36.4 Å². The number of rotatable bonds is 7. The SMILES string of the molecule is COC(=O)[C@H](CCCCC#N)NC(=O)c1cccc2ccccc12. The van der Waals surface area contributed by atoms with Crippen LogP contribution in [0.5, 0.6) is 0 Å². The number of hydrogen-bond acceptors (Lipinski definition) is 4. The Labute approximate surface area is 141 Å². The molecule has 0 aliphatic carbocycles. The Balaban J connectivity index is 2.14. The van der Waals surface area contributed by atoms with E-state index in [4.69, 9.17) is 10.00 Å². The maximum atomic E-state index is 12.6. The second kappa shape index (κ2) is 8.68. The molecule has 0 heterocycles. The molecule has 1 amide bonds. The topological polar surface area (TPSA) is 79.2 Å². The van der Waals surface area contributed by atoms with Crippen LogP contribution in [0.4, 0.5) is 0 Å². The van der Waals surface area contributed by atoms with Crippen LogP contribution in [0.25, 0.3) is 10.8 Å². The van der Waals surface area contributed by atoms with Crippen LogP contribution in [0, 0.1) is 11.3 Å². The molecule has 0 spiro atoms. The summed E-state index contributed by atoms with van der Waals surface area (Å²) in [5.74, 6) is -0.775. The number of carbonyl (C=O) groups excluding carboxylic acids is 2. The van der Waals surface area contributed by atoms with Crippen molar-refractivity contribution in [3.63, 3.8) is 0 Å². The van der Waals surface area contributed by atoms with E-state index in [1.165, 1.54) is 7.11 Å². The van der Waals surface area contributed by atoms with Crippen LogP contribution in [-0.2, 0) is 9.53 Å². The summed E-state index contributed by atoms with van der Waals surface area (Å²) in [6.07, 6.45) is 2.24. The van der Waals surface area contributed by atoms with E-state index in [-0.39, 0.29) is 5.91 Å². The van der Waals surface area contributed by atoms with Gasteiger partial charge >= 0.3 is 5.97 Å². The molecule has 2 aromatic rings. The van der Waals surface area contributed by atoms with Crippen LogP contribution in [0.15, 0.2) is 42.5 Å². The summed E-state index contributed by atoms with van der Waals surface area (Å²) in [7, 11) is 1.30. The number of hydrogen-bond donors (Lipinski definition) is 1. The van der Waals surface area contributed by atoms with Crippen LogP contribution in [0.3, 0.4) is 0 Å². The molecule has 5 heteroatoms. The molecule has 0 radical (unpaired) electrons. The number of carbonyl (C=O) groups is 2. The zero-order valence-corrected chi connectivity index (χ0v) is 13.6. The summed E-state index contributed by atoms with van der Waals surface area (Å²) in [6, 6.07) is 14.5. The highest BCUT2D eigenvalue weighted by molar-refractivity contribution is 6.07. The molecule has 0 saturated heterocycles. The molecule has 0 aliphatic heterocycles. The van der Waals surface area contributed by atoms with Gasteiger partial charge in [0.2, 0.25) is 0 Å². The molecule has 124 valence electrons. The van der Waals surface area contributed by atoms with E-state index in [0.717, 1.165) is 10.8 Å². The van der Waals surface area contributed by atoms with E-state index < -0.39 is 12.0 Å². The summed E-state index contributed by atoms with van der Waals surface area (Å²) in [4.78, 5) is 24.5. The first kappa shape index (κ1) is 17.5. The highest BCUT2D eigenvalue weighted by atomic mass is 16.5. The van der Waals surface area contributed by atoms with Gasteiger partial charge in [0.25, 0.3) is 5.91 Å². The minimum absolute atomic E-state index is 0.303. The first-order valence-electron chi connectivity index (χ1n) is 7.90. The first-order chi connectivity index (χ1) is 11.7. The Kier molecular flexibility index (Phi) is 6.32. The molecule has 5 nitrogen and oxygen atoms in total. The molecule has 2 rings (SSSR count). The van der Waals surface area contributed by atoms with Crippen molar-refractivity contribution in [3.8, 4) is 6.07 Å². The second-order valence-corrected chi connectivity index (χ2v) is 5.48. The van der Waals surface area contributed by atoms with Crippen LogP contribution in [0.2, 0.25) is 0 Å². The Morgan fingerprint density at radius 3 is 2.67 bits per heavy atom. The summed E-state index contributed by atoms with van der Waals surface area (Å²) in [6.45, 7) is 0. The van der Waals surface area contributed by atoms with Crippen LogP contribution >= 0.6 is 0 Å². The molecule has 1 N–H and O–H groups in total. The zero-order valence-electron chi connectivity index (χ0n) is 13.6. The fourth-order valence-electron chi connectivity index (χ4n) is 2.60. The Morgan fingerprint density at radius 1 is 1.17 bits per heavy atom. The lowest BCUT2D eigenvalue weighted by Gasteiger charge is -2.17. The maximum Gasteiger partial charge on any atom is 0.328 e. The van der Waals surface area contributed by atoms with Gasteiger partial charge in [-0.25, -0.2) is 4.79 Å². The van der Waals surface area contributed by atoms with Crippen LogP contribution < -0.4 is 5.32 Å². The van der Waals surface area contributed by atoms with Crippen LogP contribution in [0.1, 0.15) is 36.0 Å². The van der Waals surface area contributed by atoms with E-state index in [9.17, 15) is 9.59 Å². The van der Waals surface area contributed by atoms with Gasteiger partial charge in [0.15, 0.2) is 0 Å². The molecule has 24 heavy (non-hydrogen) atoms. The summed E-state index contributed by atoms with van der Waals surface area (Å²) < 4.78 is 4.77. The average Bonchev–Trinajstić information content (AvgIpc) is 2.62. The van der Waals surface area contributed by atoms with Crippen molar-refractivity contribution in [1.29, 1.82) is 5.26 Å². The van der Waals surface area contributed by atoms with E-state index in [2.05, 4.69) is 11.4 Å². The summed E-state index contributed by atoms with van der Waals surface area (Å²) >= 11 is 0. The van der Waals surface area contributed by atoms with Crippen molar-refractivity contribution in [2.75, 3.05) is 7.11 Å². The van der Waals surface area contributed by atoms with Crippen molar-refractivity contribution in [1.82, 2.24) is 5.32 Å². The maximum absolute atomic E-state index is 12.6. The van der Waals surface area contributed by atoms with Gasteiger partial charge in [-0.05, 0) is 36.1 Å². The third-order valence-corrected chi connectivity index (χ3v) is 3.86. The van der Waals surface area contributed by atoms with Gasteiger partial charge in [-0.15, -0.1) is 0 Å². The number of fused-ring (bicyclic) bond motifs is 1. The van der Waals surface area contributed by atoms with Gasteiger partial charge in [-0.3, -0.25) is 4.79 Å². The largest absolute Gasteiger partial charge is 0.467 e. The monoisotopic (exact) mass is 324 g/mol. The highest BCUT2D eigenvalue weighted by Crippen LogP contribution is 2.18. The van der Waals surface area contributed by atoms with Crippen molar-refractivity contribution < 1.29 is 14.3 Å². The summed E-state index contributed by atoms with van der Waals surface area (Å²) in [5.41, 5.74) is 0.527. The molecule has 0 saturated carbocycles. The quantitative estimate of drug-likeness (QED) is 0.626. The number of methoxy groups -OCH3 is 1. The Morgan fingerprint density at radius 2 is 1.92 bits per heavy atom. The molecule has 0 aromatic heterocycles. The van der Waals surface area contributed by atoms with Gasteiger partial charge in [0.1, 0.15) is 6.04 Å².